The van der Waals surface area contributed by atoms with Crippen molar-refractivity contribution in [1.29, 1.82) is 0 Å². The lowest BCUT2D eigenvalue weighted by molar-refractivity contribution is 0.0589. The third-order valence-corrected chi connectivity index (χ3v) is 5.19. The highest BCUT2D eigenvalue weighted by atomic mass is 19.1. The molecule has 0 radical (unpaired) electrons. The minimum absolute atomic E-state index is 0.101. The lowest BCUT2D eigenvalue weighted by atomic mass is 10.2. The minimum Gasteiger partial charge on any atom is -0.501 e. The van der Waals surface area contributed by atoms with Gasteiger partial charge in [0.15, 0.2) is 22.7 Å². The van der Waals surface area contributed by atoms with Crippen LogP contribution in [0.4, 0.5) is 4.39 Å². The van der Waals surface area contributed by atoms with Gasteiger partial charge in [0.25, 0.3) is 5.91 Å². The molecule has 0 saturated carbocycles. The Kier molecular flexibility index (Phi) is 7.15. The zero-order valence-electron chi connectivity index (χ0n) is 20.6. The Bertz CT molecular complexity index is 1830. The quantitative estimate of drug-likeness (QED) is 0.279. The van der Waals surface area contributed by atoms with E-state index in [2.05, 4.69) is 20.0 Å². The van der Waals surface area contributed by atoms with Crippen molar-refractivity contribution < 1.29 is 38.0 Å². The summed E-state index contributed by atoms with van der Waals surface area (Å²) in [5.74, 6) is -2.72. The number of rotatable bonds is 4. The Labute approximate surface area is 216 Å². The third-order valence-electron chi connectivity index (χ3n) is 5.19. The molecule has 5 aromatic rings. The first-order chi connectivity index (χ1) is 18.5. The molecule has 4 aromatic heterocycles. The van der Waals surface area contributed by atoms with Gasteiger partial charge in [0, 0.05) is 18.7 Å². The van der Waals surface area contributed by atoms with Crippen LogP contribution in [0.5, 0.6) is 11.5 Å². The maximum absolute atomic E-state index is 12.8. The molecule has 0 atom stereocenters. The maximum Gasteiger partial charge on any atom is 0.360 e. The van der Waals surface area contributed by atoms with Gasteiger partial charge in [-0.3, -0.25) is 14.4 Å². The van der Waals surface area contributed by atoms with Crippen LogP contribution in [0.15, 0.2) is 55.0 Å². The normalized spacial score (nSPS) is 10.8. The smallest absolute Gasteiger partial charge is 0.360 e. The number of esters is 1. The lowest BCUT2D eigenvalue weighted by Crippen LogP contribution is -2.27. The molecule has 15 heteroatoms. The number of fused-ring (bicyclic) bond motifs is 2. The summed E-state index contributed by atoms with van der Waals surface area (Å²) >= 11 is 0. The largest absolute Gasteiger partial charge is 0.501 e. The number of hydrogen-bond donors (Lipinski definition) is 3. The summed E-state index contributed by atoms with van der Waals surface area (Å²) in [4.78, 5) is 54.5. The van der Waals surface area contributed by atoms with Crippen molar-refractivity contribution in [3.05, 3.63) is 91.4 Å². The van der Waals surface area contributed by atoms with Gasteiger partial charge in [0.2, 0.25) is 11.5 Å². The fourth-order valence-electron chi connectivity index (χ4n) is 3.36. The Morgan fingerprint density at radius 2 is 1.41 bits per heavy atom. The van der Waals surface area contributed by atoms with Crippen LogP contribution in [0.2, 0.25) is 0 Å². The van der Waals surface area contributed by atoms with Crippen molar-refractivity contribution in [1.82, 2.24) is 24.4 Å². The fourth-order valence-corrected chi connectivity index (χ4v) is 3.36. The molecule has 3 N–H and O–H groups in total. The Morgan fingerprint density at radius 1 is 0.923 bits per heavy atom. The SMILES string of the molecule is COC(=O)c1nc2cc(C)on2c(=O)c1O.Cc1cc2nc(C(=O)NCc3ccc(F)cc3)c(O)c(=O)n2o1. The predicted molar refractivity (Wildman–Crippen MR) is 129 cm³/mol. The minimum atomic E-state index is -0.879. The van der Waals surface area contributed by atoms with E-state index in [0.717, 1.165) is 16.3 Å². The van der Waals surface area contributed by atoms with Crippen LogP contribution in [0.3, 0.4) is 0 Å². The Hall–Kier alpha value is -5.47. The van der Waals surface area contributed by atoms with Gasteiger partial charge in [-0.25, -0.2) is 19.2 Å². The average Bonchev–Trinajstić information content (AvgIpc) is 3.49. The maximum atomic E-state index is 12.8. The molecule has 5 rings (SSSR count). The van der Waals surface area contributed by atoms with Gasteiger partial charge in [-0.05, 0) is 31.5 Å². The average molecular weight is 541 g/mol. The summed E-state index contributed by atoms with van der Waals surface area (Å²) in [6, 6.07) is 8.50. The van der Waals surface area contributed by atoms with E-state index in [4.69, 9.17) is 9.05 Å². The molecule has 1 aromatic carbocycles. The van der Waals surface area contributed by atoms with E-state index >= 15 is 0 Å². The van der Waals surface area contributed by atoms with Crippen molar-refractivity contribution >= 4 is 23.2 Å². The van der Waals surface area contributed by atoms with Gasteiger partial charge in [-0.1, -0.05) is 12.1 Å². The number of hydrogen-bond acceptors (Lipinski definition) is 11. The summed E-state index contributed by atoms with van der Waals surface area (Å²) < 4.78 is 28.9. The third kappa shape index (κ3) is 5.31. The molecule has 0 aliphatic rings. The number of amides is 1. The van der Waals surface area contributed by atoms with Gasteiger partial charge in [-0.2, -0.15) is 0 Å². The molecule has 0 aliphatic carbocycles. The number of benzene rings is 1. The van der Waals surface area contributed by atoms with E-state index in [9.17, 15) is 33.8 Å². The summed E-state index contributed by atoms with van der Waals surface area (Å²) in [5, 5.41) is 21.8. The van der Waals surface area contributed by atoms with E-state index in [1.807, 2.05) is 0 Å². The number of ether oxygens (including phenoxy) is 1. The molecule has 202 valence electrons. The number of methoxy groups -OCH3 is 1. The highest BCUT2D eigenvalue weighted by Gasteiger charge is 2.21. The molecule has 0 aliphatic heterocycles. The number of aryl methyl sites for hydroxylation is 2. The van der Waals surface area contributed by atoms with Crippen LogP contribution in [-0.2, 0) is 11.3 Å². The van der Waals surface area contributed by atoms with E-state index in [-0.39, 0.29) is 23.7 Å². The van der Waals surface area contributed by atoms with E-state index in [1.54, 1.807) is 13.8 Å². The van der Waals surface area contributed by atoms with Gasteiger partial charge >= 0.3 is 17.1 Å². The number of carbonyl (C=O) groups excluding carboxylic acids is 2. The molecule has 39 heavy (non-hydrogen) atoms. The van der Waals surface area contributed by atoms with Crippen molar-refractivity contribution in [2.75, 3.05) is 7.11 Å². The van der Waals surface area contributed by atoms with Crippen LogP contribution in [0.1, 0.15) is 38.1 Å². The number of nitrogens with one attached hydrogen (secondary N) is 1. The topological polar surface area (TPSA) is 191 Å². The van der Waals surface area contributed by atoms with Crippen LogP contribution >= 0.6 is 0 Å². The Morgan fingerprint density at radius 3 is 1.92 bits per heavy atom. The first-order valence-electron chi connectivity index (χ1n) is 11.1. The van der Waals surface area contributed by atoms with Gasteiger partial charge in [0.05, 0.1) is 7.11 Å². The molecule has 4 heterocycles. The summed E-state index contributed by atoms with van der Waals surface area (Å²) in [7, 11) is 1.13. The lowest BCUT2D eigenvalue weighted by Gasteiger charge is -2.06. The molecule has 0 saturated heterocycles. The first kappa shape index (κ1) is 26.6. The van der Waals surface area contributed by atoms with E-state index in [0.29, 0.717) is 17.1 Å². The van der Waals surface area contributed by atoms with Gasteiger partial charge in [-0.15, -0.1) is 9.15 Å². The van der Waals surface area contributed by atoms with Gasteiger partial charge in [0.1, 0.15) is 17.3 Å². The summed E-state index contributed by atoms with van der Waals surface area (Å²) in [5.41, 5.74) is -1.60. The highest BCUT2D eigenvalue weighted by Crippen LogP contribution is 2.14. The number of aromatic nitrogens is 4. The second kappa shape index (κ2) is 10.5. The van der Waals surface area contributed by atoms with Crippen LogP contribution in [-0.4, -0.2) is 48.3 Å². The molecular weight excluding hydrogens is 521 g/mol. The van der Waals surface area contributed by atoms with Crippen molar-refractivity contribution in [3.8, 4) is 11.5 Å². The number of halogens is 1. The highest BCUT2D eigenvalue weighted by molar-refractivity contribution is 5.95. The number of carbonyl (C=O) groups is 2. The molecular formula is C24H20FN5O9. The van der Waals surface area contributed by atoms with Crippen molar-refractivity contribution in [2.24, 2.45) is 0 Å². The van der Waals surface area contributed by atoms with Crippen LogP contribution in [0.25, 0.3) is 11.3 Å². The summed E-state index contributed by atoms with van der Waals surface area (Å²) in [6.45, 7) is 3.33. The van der Waals surface area contributed by atoms with Gasteiger partial charge < -0.3 is 29.3 Å². The monoisotopic (exact) mass is 541 g/mol. The summed E-state index contributed by atoms with van der Waals surface area (Å²) in [6.07, 6.45) is 0. The van der Waals surface area contributed by atoms with E-state index < -0.39 is 45.9 Å². The first-order valence-corrected chi connectivity index (χ1v) is 11.1. The molecule has 0 spiro atoms. The predicted octanol–water partition coefficient (Wildman–Crippen LogP) is 1.46. The van der Waals surface area contributed by atoms with Crippen molar-refractivity contribution in [2.45, 2.75) is 20.4 Å². The standard InChI is InChI=1S/C15H12FN3O4.C9H8N2O5/c1-8-6-11-18-12(13(20)15(22)19(11)23-8)14(21)17-7-9-2-4-10(16)5-3-9;1-4-3-5-10-6(9(14)15-2)7(12)8(13)11(5)16-4/h2-6,20H,7H2,1H3,(H,17,21);3,12H,1-2H3. The second-order valence-electron chi connectivity index (χ2n) is 8.03. The Balaban J connectivity index is 0.000000193. The molecule has 14 nitrogen and oxygen atoms in total. The fraction of sp³-hybridized carbons (Fsp3) is 0.167. The van der Waals surface area contributed by atoms with Crippen molar-refractivity contribution in [3.63, 3.8) is 0 Å². The second-order valence-corrected chi connectivity index (χ2v) is 8.03. The van der Waals surface area contributed by atoms with Crippen LogP contribution in [0, 0.1) is 19.7 Å². The molecule has 0 unspecified atom stereocenters. The van der Waals surface area contributed by atoms with E-state index in [1.165, 1.54) is 36.4 Å². The molecule has 1 amide bonds. The number of aromatic hydroxyl groups is 2. The zero-order chi connectivity index (χ0) is 28.4. The zero-order valence-corrected chi connectivity index (χ0v) is 20.6. The van der Waals surface area contributed by atoms with Crippen LogP contribution < -0.4 is 16.4 Å². The molecule has 0 fully saturated rings. The molecule has 0 bridgehead atoms. The number of nitrogens with zero attached hydrogens (tertiary/aromatic N) is 4.